The summed E-state index contributed by atoms with van der Waals surface area (Å²) in [6, 6.07) is 19.0. The van der Waals surface area contributed by atoms with Gasteiger partial charge in [-0.1, -0.05) is 36.4 Å². The molecule has 0 N–H and O–H groups in total. The number of hydrogen-bond acceptors (Lipinski definition) is 9. The molecule has 1 fully saturated rings. The molecule has 67 heavy (non-hydrogen) atoms. The quantitative estimate of drug-likeness (QED) is 0.0778. The van der Waals surface area contributed by atoms with Crippen molar-refractivity contribution >= 4 is 63.7 Å². The molecule has 0 aliphatic carbocycles. The van der Waals surface area contributed by atoms with Crippen LogP contribution in [0.1, 0.15) is 51.7 Å². The Hall–Kier alpha value is -6.44. The molecule has 354 valence electrons. The van der Waals surface area contributed by atoms with Gasteiger partial charge in [0.2, 0.25) is 6.29 Å². The van der Waals surface area contributed by atoms with Crippen molar-refractivity contribution in [3.8, 4) is 0 Å². The van der Waals surface area contributed by atoms with Gasteiger partial charge in [-0.2, -0.15) is 74.6 Å². The van der Waals surface area contributed by atoms with Crippen LogP contribution in [0.4, 0.5) is 74.6 Å². The number of alkyl halides is 17. The second kappa shape index (κ2) is 16.7. The first kappa shape index (κ1) is 48.5. The highest BCUT2D eigenvalue weighted by atomic mass is 19.4. The van der Waals surface area contributed by atoms with E-state index in [4.69, 9.17) is 9.47 Å². The van der Waals surface area contributed by atoms with E-state index in [0.717, 1.165) is 0 Å². The van der Waals surface area contributed by atoms with Gasteiger partial charge in [-0.25, -0.2) is 29.9 Å². The summed E-state index contributed by atoms with van der Waals surface area (Å²) in [4.78, 5) is 38.5. The molecule has 0 bridgehead atoms. The minimum atomic E-state index is -8.75. The van der Waals surface area contributed by atoms with Crippen LogP contribution in [0, 0.1) is 0 Å². The molecule has 1 aliphatic heterocycles. The average molecular weight is 971 g/mol. The van der Waals surface area contributed by atoms with Crippen LogP contribution in [0.5, 0.6) is 0 Å². The van der Waals surface area contributed by atoms with Crippen LogP contribution in [-0.4, -0.2) is 96.5 Å². The van der Waals surface area contributed by atoms with Crippen molar-refractivity contribution in [2.45, 2.75) is 66.4 Å². The number of carbonyl (C=O) groups is 1. The second-order valence-corrected chi connectivity index (χ2v) is 14.5. The molecule has 26 heteroatoms. The van der Waals surface area contributed by atoms with Crippen LogP contribution in [0.3, 0.4) is 0 Å². The van der Waals surface area contributed by atoms with Gasteiger partial charge in [0, 0.05) is 6.42 Å². The van der Waals surface area contributed by atoms with Crippen LogP contribution in [0.2, 0.25) is 0 Å². The predicted octanol–water partition coefficient (Wildman–Crippen LogP) is 11.5. The summed E-state index contributed by atoms with van der Waals surface area (Å²) in [6.07, 6.45) is -9.48. The maximum atomic E-state index is 15.0. The van der Waals surface area contributed by atoms with E-state index in [1.165, 1.54) is 48.6 Å². The molecule has 2 unspecified atom stereocenters. The summed E-state index contributed by atoms with van der Waals surface area (Å²) in [7, 11) is 0. The van der Waals surface area contributed by atoms with Gasteiger partial charge < -0.3 is 9.47 Å². The molecule has 9 nitrogen and oxygen atoms in total. The third-order valence-electron chi connectivity index (χ3n) is 10.0. The number of aromatic nitrogens is 6. The fraction of sp³-hybridized carbons (Fsp3) is 0.293. The highest BCUT2D eigenvalue weighted by Crippen LogP contribution is 2.64. The molecule has 3 aromatic heterocycles. The number of aldehydes is 1. The smallest absolute Gasteiger partial charge is 0.344 e. The number of ether oxygens (including phenoxy) is 2. The highest BCUT2D eigenvalue weighted by molar-refractivity contribution is 5.88. The first-order valence-electron chi connectivity index (χ1n) is 18.7. The van der Waals surface area contributed by atoms with Gasteiger partial charge in [-0.05, 0) is 60.7 Å². The molecule has 1 saturated heterocycles. The molecular formula is C41H23F17N6O3. The van der Waals surface area contributed by atoms with Gasteiger partial charge in [-0.3, -0.25) is 4.79 Å². The van der Waals surface area contributed by atoms with E-state index in [0.29, 0.717) is 28.4 Å². The summed E-state index contributed by atoms with van der Waals surface area (Å²) in [5.41, 5.74) is 1.49. The summed E-state index contributed by atoms with van der Waals surface area (Å²) < 4.78 is 247. The summed E-state index contributed by atoms with van der Waals surface area (Å²) in [6.45, 7) is -1.30. The third-order valence-corrected chi connectivity index (χ3v) is 10.0. The van der Waals surface area contributed by atoms with Crippen LogP contribution in [0.25, 0.3) is 57.4 Å². The van der Waals surface area contributed by atoms with Crippen LogP contribution in [-0.2, 0) is 9.47 Å². The normalized spacial score (nSPS) is 17.4. The van der Waals surface area contributed by atoms with Crippen LogP contribution < -0.4 is 0 Å². The lowest BCUT2D eigenvalue weighted by atomic mass is 9.88. The Morgan fingerprint density at radius 1 is 0.448 bits per heavy atom. The van der Waals surface area contributed by atoms with Gasteiger partial charge >= 0.3 is 47.6 Å². The summed E-state index contributed by atoms with van der Waals surface area (Å²) >= 11 is 0. The van der Waals surface area contributed by atoms with Crippen molar-refractivity contribution in [2.24, 2.45) is 0 Å². The standard InChI is InChI=1S/C41H23F17N6O3/c42-34(43,35(44,45)36(46,47)37(48,49)38(50,51)39(52,53)40(54,55)41(56,57)58)17-20-19-66-33(67-20)32-30(62-25-11-5-6-12-26(25)64-32)16-15-28-27(59-21-7-1-2-8-22(21)60-28)13-14-29-31(18-65)63-24-10-4-3-9-23(24)61-29/h1-16,18,20,33H,17,19H2/b14-13+,16-15+. The number of hydrogen-bond donors (Lipinski definition) is 0. The molecule has 0 amide bonds. The molecule has 0 spiro atoms. The van der Waals surface area contributed by atoms with Crippen molar-refractivity contribution in [1.82, 2.24) is 29.9 Å². The van der Waals surface area contributed by atoms with E-state index < -0.39 is 78.7 Å². The van der Waals surface area contributed by atoms with Crippen molar-refractivity contribution in [3.05, 3.63) is 107 Å². The molecular weight excluding hydrogens is 947 g/mol. The zero-order valence-electron chi connectivity index (χ0n) is 32.7. The number of para-hydroxylation sites is 6. The summed E-state index contributed by atoms with van der Waals surface area (Å²) in [5, 5.41) is 0. The zero-order valence-corrected chi connectivity index (χ0v) is 32.7. The average Bonchev–Trinajstić information content (AvgIpc) is 3.73. The molecule has 2 atom stereocenters. The maximum Gasteiger partial charge on any atom is 0.460 e. The third kappa shape index (κ3) is 8.15. The number of nitrogens with zero attached hydrogens (tertiary/aromatic N) is 6. The van der Waals surface area contributed by atoms with Gasteiger partial charge in [0.25, 0.3) is 0 Å². The van der Waals surface area contributed by atoms with Gasteiger partial charge in [-0.15, -0.1) is 0 Å². The van der Waals surface area contributed by atoms with Gasteiger partial charge in [0.1, 0.15) is 11.4 Å². The molecule has 0 saturated carbocycles. The minimum Gasteiger partial charge on any atom is -0.344 e. The first-order valence-corrected chi connectivity index (χ1v) is 18.7. The number of carbonyl (C=O) groups excluding carboxylic acids is 1. The highest BCUT2D eigenvalue weighted by Gasteiger charge is 2.95. The molecule has 1 aliphatic rings. The fourth-order valence-electron chi connectivity index (χ4n) is 6.46. The van der Waals surface area contributed by atoms with E-state index in [1.807, 2.05) is 0 Å². The monoisotopic (exact) mass is 970 g/mol. The largest absolute Gasteiger partial charge is 0.460 e. The number of halogens is 17. The van der Waals surface area contributed by atoms with Crippen LogP contribution in [0.15, 0.2) is 72.8 Å². The molecule has 0 radical (unpaired) electrons. The van der Waals surface area contributed by atoms with E-state index in [2.05, 4.69) is 29.9 Å². The Balaban J connectivity index is 1.19. The molecule has 6 aromatic rings. The Morgan fingerprint density at radius 3 is 1.18 bits per heavy atom. The maximum absolute atomic E-state index is 15.0. The van der Waals surface area contributed by atoms with Crippen LogP contribution >= 0.6 is 0 Å². The zero-order chi connectivity index (χ0) is 49.2. The minimum absolute atomic E-state index is 0.0294. The molecule has 4 heterocycles. The Bertz CT molecular complexity index is 2930. The first-order chi connectivity index (χ1) is 31.1. The summed E-state index contributed by atoms with van der Waals surface area (Å²) in [5.74, 6) is -57.4. The topological polar surface area (TPSA) is 113 Å². The number of fused-ring (bicyclic) bond motifs is 3. The SMILES string of the molecule is O=Cc1nc2ccccc2nc1/C=C/c1nc2ccccc2nc1/C=C/c1nc2ccccc2nc1C1OCC(CC(F)(F)C(F)(F)C(F)(F)C(F)(F)C(F)(F)C(F)(F)C(F)(F)C(F)(F)F)O1. The Kier molecular flexibility index (Phi) is 12.1. The van der Waals surface area contributed by atoms with E-state index >= 15 is 8.78 Å². The lowest BCUT2D eigenvalue weighted by Crippen LogP contribution is -2.74. The second-order valence-electron chi connectivity index (χ2n) is 14.5. The van der Waals surface area contributed by atoms with Gasteiger partial charge in [0.05, 0.1) is 68.6 Å². The van der Waals surface area contributed by atoms with Gasteiger partial charge in [0.15, 0.2) is 6.29 Å². The lowest BCUT2D eigenvalue weighted by Gasteiger charge is -2.43. The van der Waals surface area contributed by atoms with E-state index in [-0.39, 0.29) is 39.5 Å². The lowest BCUT2D eigenvalue weighted by molar-refractivity contribution is -0.462. The fourth-order valence-corrected chi connectivity index (χ4v) is 6.46. The Labute approximate surface area is 362 Å². The van der Waals surface area contributed by atoms with Crippen molar-refractivity contribution in [1.29, 1.82) is 0 Å². The Morgan fingerprint density at radius 2 is 0.776 bits per heavy atom. The molecule has 7 rings (SSSR count). The number of benzene rings is 3. The number of rotatable bonds is 14. The van der Waals surface area contributed by atoms with E-state index in [1.54, 1.807) is 48.5 Å². The predicted molar refractivity (Wildman–Crippen MR) is 201 cm³/mol. The van der Waals surface area contributed by atoms with E-state index in [9.17, 15) is 70.7 Å². The van der Waals surface area contributed by atoms with Crippen molar-refractivity contribution < 1.29 is 88.9 Å². The van der Waals surface area contributed by atoms with Crippen molar-refractivity contribution in [3.63, 3.8) is 0 Å². The van der Waals surface area contributed by atoms with Crippen molar-refractivity contribution in [2.75, 3.05) is 6.61 Å². The molecule has 3 aromatic carbocycles.